The minimum Gasteiger partial charge on any atom is -0.316 e. The van der Waals surface area contributed by atoms with Crippen molar-refractivity contribution in [2.45, 2.75) is 12.8 Å². The highest BCUT2D eigenvalue weighted by Crippen LogP contribution is 2.30. The monoisotopic (exact) mass is 354 g/mol. The maximum Gasteiger partial charge on any atom is 0.188 e. The number of nitrogens with zero attached hydrogens (tertiary/aromatic N) is 2. The summed E-state index contributed by atoms with van der Waals surface area (Å²) in [6.45, 7) is 2.23. The lowest BCUT2D eigenvalue weighted by Crippen LogP contribution is -2.10. The average Bonchev–Trinajstić information content (AvgIpc) is 3.29. The summed E-state index contributed by atoms with van der Waals surface area (Å²) >= 11 is 1.52. The first-order chi connectivity index (χ1) is 12.3. The van der Waals surface area contributed by atoms with Crippen molar-refractivity contribution in [1.82, 2.24) is 15.3 Å². The average molecular weight is 354 g/mol. The summed E-state index contributed by atoms with van der Waals surface area (Å²) in [5.74, 6) is 1.27. The topological polar surface area (TPSA) is 49.8 Å². The number of hydrogen-bond donors (Lipinski definition) is 2. The second-order valence-corrected chi connectivity index (χ2v) is 7.31. The number of aromatic nitrogens is 2. The molecule has 4 rings (SSSR count). The Morgan fingerprint density at radius 2 is 2.00 bits per heavy atom. The van der Waals surface area contributed by atoms with Crippen LogP contribution in [0, 0.1) is 11.7 Å². The fraction of sp³-hybridized carbons (Fsp3) is 0.263. The Morgan fingerprint density at radius 3 is 2.72 bits per heavy atom. The molecule has 0 saturated carbocycles. The predicted molar refractivity (Wildman–Crippen MR) is 99.7 cm³/mol. The number of rotatable bonds is 5. The highest BCUT2D eigenvalue weighted by atomic mass is 32.1. The summed E-state index contributed by atoms with van der Waals surface area (Å²) < 4.78 is 13.0. The summed E-state index contributed by atoms with van der Waals surface area (Å²) in [7, 11) is 0. The molecule has 3 aromatic rings. The standard InChI is InChI=1S/C19H19FN4S/c20-16-4-2-15(3-5-16)17-12-23-19(25-17)24-18-6-1-13(11-22-18)9-14-7-8-21-10-14/h1-6,11-12,14,21H,7-10H2,(H,22,23,24)/t14-/m1/s1. The lowest BCUT2D eigenvalue weighted by Gasteiger charge is -2.08. The molecule has 0 spiro atoms. The highest BCUT2D eigenvalue weighted by molar-refractivity contribution is 7.18. The molecule has 0 amide bonds. The Labute approximate surface area is 150 Å². The fourth-order valence-electron chi connectivity index (χ4n) is 3.03. The van der Waals surface area contributed by atoms with Crippen LogP contribution in [0.1, 0.15) is 12.0 Å². The predicted octanol–water partition coefficient (Wildman–Crippen LogP) is 4.24. The molecule has 1 fully saturated rings. The molecule has 25 heavy (non-hydrogen) atoms. The van der Waals surface area contributed by atoms with E-state index in [0.29, 0.717) is 0 Å². The van der Waals surface area contributed by atoms with Gasteiger partial charge in [-0.1, -0.05) is 29.5 Å². The van der Waals surface area contributed by atoms with E-state index in [0.717, 1.165) is 46.8 Å². The van der Waals surface area contributed by atoms with Gasteiger partial charge in [0.1, 0.15) is 11.6 Å². The largest absolute Gasteiger partial charge is 0.316 e. The summed E-state index contributed by atoms with van der Waals surface area (Å²) in [5, 5.41) is 7.41. The van der Waals surface area contributed by atoms with E-state index < -0.39 is 0 Å². The Kier molecular flexibility index (Phi) is 4.72. The molecule has 1 aromatic carbocycles. The van der Waals surface area contributed by atoms with Crippen molar-refractivity contribution >= 4 is 22.3 Å². The molecule has 6 heteroatoms. The van der Waals surface area contributed by atoms with Crippen LogP contribution in [0.2, 0.25) is 0 Å². The molecular weight excluding hydrogens is 335 g/mol. The van der Waals surface area contributed by atoms with Crippen molar-refractivity contribution in [3.63, 3.8) is 0 Å². The smallest absolute Gasteiger partial charge is 0.188 e. The molecule has 4 nitrogen and oxygen atoms in total. The van der Waals surface area contributed by atoms with Gasteiger partial charge in [0.25, 0.3) is 0 Å². The van der Waals surface area contributed by atoms with E-state index in [9.17, 15) is 4.39 Å². The van der Waals surface area contributed by atoms with Gasteiger partial charge in [-0.25, -0.2) is 14.4 Å². The van der Waals surface area contributed by atoms with E-state index >= 15 is 0 Å². The Bertz CT molecular complexity index is 823. The van der Waals surface area contributed by atoms with E-state index in [4.69, 9.17) is 0 Å². The number of hydrogen-bond acceptors (Lipinski definition) is 5. The van der Waals surface area contributed by atoms with Crippen LogP contribution in [-0.4, -0.2) is 23.1 Å². The number of benzene rings is 1. The first-order valence-electron chi connectivity index (χ1n) is 8.41. The number of halogens is 1. The van der Waals surface area contributed by atoms with Crippen molar-refractivity contribution < 1.29 is 4.39 Å². The molecule has 1 saturated heterocycles. The molecule has 3 heterocycles. The Hall–Kier alpha value is -2.31. The zero-order valence-corrected chi connectivity index (χ0v) is 14.5. The van der Waals surface area contributed by atoms with Crippen LogP contribution in [0.15, 0.2) is 48.8 Å². The quantitative estimate of drug-likeness (QED) is 0.719. The lowest BCUT2D eigenvalue weighted by atomic mass is 10.00. The van der Waals surface area contributed by atoms with Crippen LogP contribution in [0.5, 0.6) is 0 Å². The van der Waals surface area contributed by atoms with Crippen molar-refractivity contribution in [2.24, 2.45) is 5.92 Å². The van der Waals surface area contributed by atoms with Crippen LogP contribution in [-0.2, 0) is 6.42 Å². The summed E-state index contributed by atoms with van der Waals surface area (Å²) in [4.78, 5) is 9.87. The van der Waals surface area contributed by atoms with Gasteiger partial charge in [0.05, 0.1) is 4.88 Å². The molecule has 2 aromatic heterocycles. The van der Waals surface area contributed by atoms with Crippen molar-refractivity contribution in [3.05, 3.63) is 60.2 Å². The second-order valence-electron chi connectivity index (χ2n) is 6.28. The van der Waals surface area contributed by atoms with Gasteiger partial charge in [0.2, 0.25) is 0 Å². The Balaban J connectivity index is 1.41. The lowest BCUT2D eigenvalue weighted by molar-refractivity contribution is 0.579. The van der Waals surface area contributed by atoms with Gasteiger partial charge in [0, 0.05) is 12.4 Å². The van der Waals surface area contributed by atoms with Gasteiger partial charge in [-0.3, -0.25) is 0 Å². The second kappa shape index (κ2) is 7.29. The molecule has 1 atom stereocenters. The van der Waals surface area contributed by atoms with Crippen LogP contribution >= 0.6 is 11.3 Å². The van der Waals surface area contributed by atoms with Gasteiger partial charge >= 0.3 is 0 Å². The van der Waals surface area contributed by atoms with Crippen LogP contribution < -0.4 is 10.6 Å². The Morgan fingerprint density at radius 1 is 1.12 bits per heavy atom. The molecular formula is C19H19FN4S. The molecule has 0 aliphatic carbocycles. The molecule has 128 valence electrons. The zero-order valence-electron chi connectivity index (χ0n) is 13.7. The van der Waals surface area contributed by atoms with Gasteiger partial charge in [-0.15, -0.1) is 0 Å². The zero-order chi connectivity index (χ0) is 17.1. The van der Waals surface area contributed by atoms with E-state index in [1.807, 2.05) is 12.3 Å². The molecule has 1 aliphatic heterocycles. The van der Waals surface area contributed by atoms with E-state index in [1.165, 1.54) is 35.5 Å². The maximum absolute atomic E-state index is 13.0. The summed E-state index contributed by atoms with van der Waals surface area (Å²) in [6, 6.07) is 10.6. The number of anilines is 2. The normalized spacial score (nSPS) is 16.9. The number of nitrogens with one attached hydrogen (secondary N) is 2. The third-order valence-electron chi connectivity index (χ3n) is 4.38. The first kappa shape index (κ1) is 16.2. The molecule has 0 unspecified atom stereocenters. The van der Waals surface area contributed by atoms with Gasteiger partial charge in [0.15, 0.2) is 5.13 Å². The molecule has 0 radical (unpaired) electrons. The maximum atomic E-state index is 13.0. The van der Waals surface area contributed by atoms with Crippen LogP contribution in [0.3, 0.4) is 0 Å². The van der Waals surface area contributed by atoms with E-state index in [1.54, 1.807) is 18.3 Å². The molecule has 1 aliphatic rings. The molecule has 0 bridgehead atoms. The van der Waals surface area contributed by atoms with Gasteiger partial charge < -0.3 is 10.6 Å². The highest BCUT2D eigenvalue weighted by Gasteiger charge is 2.15. The van der Waals surface area contributed by atoms with E-state index in [-0.39, 0.29) is 5.82 Å². The summed E-state index contributed by atoms with van der Waals surface area (Å²) in [5.41, 5.74) is 2.23. The minimum absolute atomic E-state index is 0.232. The third kappa shape index (κ3) is 4.03. The van der Waals surface area contributed by atoms with Crippen molar-refractivity contribution in [3.8, 4) is 10.4 Å². The number of pyridine rings is 1. The van der Waals surface area contributed by atoms with Crippen molar-refractivity contribution in [1.29, 1.82) is 0 Å². The number of thiazole rings is 1. The first-order valence-corrected chi connectivity index (χ1v) is 9.22. The van der Waals surface area contributed by atoms with Gasteiger partial charge in [-0.05, 0) is 61.2 Å². The fourth-order valence-corrected chi connectivity index (χ4v) is 3.86. The van der Waals surface area contributed by atoms with Crippen LogP contribution in [0.25, 0.3) is 10.4 Å². The third-order valence-corrected chi connectivity index (χ3v) is 5.34. The van der Waals surface area contributed by atoms with Crippen molar-refractivity contribution in [2.75, 3.05) is 18.4 Å². The van der Waals surface area contributed by atoms with Gasteiger partial charge in [-0.2, -0.15) is 0 Å². The minimum atomic E-state index is -0.232. The van der Waals surface area contributed by atoms with E-state index in [2.05, 4.69) is 26.7 Å². The van der Waals surface area contributed by atoms with Crippen LogP contribution in [0.4, 0.5) is 15.3 Å². The summed E-state index contributed by atoms with van der Waals surface area (Å²) in [6.07, 6.45) is 6.05. The molecule has 2 N–H and O–H groups in total. The SMILES string of the molecule is Fc1ccc(-c2cnc(Nc3ccc(C[C@H]4CCNC4)cn3)s2)cc1.